The molecule has 1 aromatic carbocycles. The molecule has 0 aliphatic carbocycles. The van der Waals surface area contributed by atoms with Crippen LogP contribution in [0.5, 0.6) is 0 Å². The summed E-state index contributed by atoms with van der Waals surface area (Å²) in [6.45, 7) is 13.3. The molecule has 6 nitrogen and oxygen atoms in total. The lowest BCUT2D eigenvalue weighted by molar-refractivity contribution is -0.352. The van der Waals surface area contributed by atoms with Crippen molar-refractivity contribution >= 4 is 23.2 Å². The Bertz CT molecular complexity index is 765. The molecule has 1 amide bonds. The molecule has 0 spiro atoms. The number of halogens is 1. The van der Waals surface area contributed by atoms with E-state index in [2.05, 4.69) is 18.5 Å². The first-order valence-corrected chi connectivity index (χ1v) is 9.94. The zero-order valence-corrected chi connectivity index (χ0v) is 17.9. The van der Waals surface area contributed by atoms with Crippen LogP contribution in [-0.4, -0.2) is 36.5 Å². The molecule has 2 heterocycles. The van der Waals surface area contributed by atoms with Gasteiger partial charge in [-0.25, -0.2) is 0 Å². The van der Waals surface area contributed by atoms with Crippen LogP contribution < -0.4 is 5.32 Å². The lowest BCUT2D eigenvalue weighted by Crippen LogP contribution is -2.47. The zero-order chi connectivity index (χ0) is 21.3. The number of anilines is 1. The molecule has 1 aromatic rings. The highest BCUT2D eigenvalue weighted by Gasteiger charge is 2.74. The zero-order valence-electron chi connectivity index (χ0n) is 17.1. The summed E-state index contributed by atoms with van der Waals surface area (Å²) in [4.78, 5) is 13.6. The third kappa shape index (κ3) is 4.13. The predicted molar refractivity (Wildman–Crippen MR) is 111 cm³/mol. The van der Waals surface area contributed by atoms with Crippen LogP contribution in [0.4, 0.5) is 5.69 Å². The van der Waals surface area contributed by atoms with Gasteiger partial charge in [0.05, 0.1) is 13.2 Å². The van der Waals surface area contributed by atoms with E-state index in [4.69, 9.17) is 30.5 Å². The van der Waals surface area contributed by atoms with Crippen LogP contribution in [0.1, 0.15) is 33.6 Å². The smallest absolute Gasteiger partial charge is 0.236 e. The number of rotatable bonds is 8. The molecule has 0 aromatic heterocycles. The Morgan fingerprint density at radius 1 is 1.07 bits per heavy atom. The van der Waals surface area contributed by atoms with Crippen molar-refractivity contribution < 1.29 is 23.7 Å². The summed E-state index contributed by atoms with van der Waals surface area (Å²) >= 11 is 5.96. The Labute approximate surface area is 176 Å². The number of hydrogen-bond acceptors (Lipinski definition) is 5. The molecule has 2 aliphatic heterocycles. The number of ether oxygens (including phenoxy) is 4. The minimum Gasteiger partial charge on any atom is -0.346 e. The Morgan fingerprint density at radius 2 is 1.55 bits per heavy atom. The minimum atomic E-state index is -1.24. The second-order valence-corrected chi connectivity index (χ2v) is 8.45. The molecule has 3 rings (SSSR count). The predicted octanol–water partition coefficient (Wildman–Crippen LogP) is 4.66. The van der Waals surface area contributed by atoms with E-state index >= 15 is 0 Å². The van der Waals surface area contributed by atoms with Crippen LogP contribution in [0.2, 0.25) is 5.02 Å². The van der Waals surface area contributed by atoms with E-state index in [-0.39, 0.29) is 5.91 Å². The van der Waals surface area contributed by atoms with E-state index in [9.17, 15) is 4.79 Å². The maximum absolute atomic E-state index is 13.6. The van der Waals surface area contributed by atoms with Crippen molar-refractivity contribution in [2.24, 2.45) is 5.41 Å². The summed E-state index contributed by atoms with van der Waals surface area (Å²) in [7, 11) is 0. The highest BCUT2D eigenvalue weighted by Crippen LogP contribution is 2.62. The highest BCUT2D eigenvalue weighted by molar-refractivity contribution is 6.30. The van der Waals surface area contributed by atoms with Gasteiger partial charge in [0, 0.05) is 23.6 Å². The van der Waals surface area contributed by atoms with Crippen LogP contribution in [0.15, 0.2) is 49.6 Å². The fraction of sp³-hybridized carbons (Fsp3) is 0.500. The molecule has 0 bridgehead atoms. The molecule has 2 fully saturated rings. The summed E-state index contributed by atoms with van der Waals surface area (Å²) in [5, 5.41) is 3.57. The highest BCUT2D eigenvalue weighted by atomic mass is 35.5. The van der Waals surface area contributed by atoms with Gasteiger partial charge in [0.1, 0.15) is 5.41 Å². The van der Waals surface area contributed by atoms with Crippen molar-refractivity contribution in [2.75, 3.05) is 18.5 Å². The molecule has 0 radical (unpaired) electrons. The van der Waals surface area contributed by atoms with Crippen LogP contribution in [-0.2, 0) is 23.7 Å². The van der Waals surface area contributed by atoms with Gasteiger partial charge in [0.25, 0.3) is 0 Å². The number of hydrogen-bond donors (Lipinski definition) is 1. The average Bonchev–Trinajstić information content (AvgIpc) is 3.00. The first-order chi connectivity index (χ1) is 13.6. The van der Waals surface area contributed by atoms with Gasteiger partial charge in [0.15, 0.2) is 17.4 Å². The van der Waals surface area contributed by atoms with Crippen LogP contribution in [0.25, 0.3) is 0 Å². The van der Waals surface area contributed by atoms with E-state index in [1.54, 1.807) is 43.3 Å². The third-order valence-corrected chi connectivity index (χ3v) is 5.74. The molecule has 2 aliphatic rings. The summed E-state index contributed by atoms with van der Waals surface area (Å²) in [5.41, 5.74) is -0.393. The fourth-order valence-corrected chi connectivity index (χ4v) is 4.50. The largest absolute Gasteiger partial charge is 0.346 e. The van der Waals surface area contributed by atoms with Crippen LogP contribution in [0, 0.1) is 5.41 Å². The quantitative estimate of drug-likeness (QED) is 0.618. The Kier molecular flexibility index (Phi) is 5.96. The summed E-state index contributed by atoms with van der Waals surface area (Å²) in [5.74, 6) is -3.46. The molecule has 7 heteroatoms. The standard InChI is InChI=1S/C22H28ClNO5/c1-6-12-26-19(3)14-22(18(25)24-17-10-8-16(23)9-11-17)15-20(4,27-13-7-2)29-21(22,5)28-19/h6-11H,1-2,12-15H2,3-5H3,(H,24,25)/t19-,20-,21?,22?/m0/s1. The van der Waals surface area contributed by atoms with Gasteiger partial charge in [0.2, 0.25) is 5.91 Å². The van der Waals surface area contributed by atoms with Gasteiger partial charge in [-0.2, -0.15) is 0 Å². The van der Waals surface area contributed by atoms with E-state index in [0.29, 0.717) is 36.8 Å². The first kappa shape index (κ1) is 22.0. The maximum atomic E-state index is 13.6. The second kappa shape index (κ2) is 7.85. The van der Waals surface area contributed by atoms with Crippen LogP contribution in [0.3, 0.4) is 0 Å². The van der Waals surface area contributed by atoms with Gasteiger partial charge >= 0.3 is 0 Å². The van der Waals surface area contributed by atoms with Crippen molar-refractivity contribution in [3.8, 4) is 0 Å². The van der Waals surface area contributed by atoms with Gasteiger partial charge in [-0.3, -0.25) is 4.79 Å². The van der Waals surface area contributed by atoms with E-state index < -0.39 is 22.8 Å². The number of carbonyl (C=O) groups is 1. The van der Waals surface area contributed by atoms with Crippen molar-refractivity contribution in [1.82, 2.24) is 0 Å². The van der Waals surface area contributed by atoms with Crippen molar-refractivity contribution in [3.63, 3.8) is 0 Å². The summed E-state index contributed by atoms with van der Waals surface area (Å²) in [6, 6.07) is 6.94. The molecule has 29 heavy (non-hydrogen) atoms. The fourth-order valence-electron chi connectivity index (χ4n) is 4.37. The molecular weight excluding hydrogens is 394 g/mol. The summed E-state index contributed by atoms with van der Waals surface area (Å²) in [6.07, 6.45) is 3.89. The topological polar surface area (TPSA) is 66.0 Å². The average molecular weight is 422 g/mol. The van der Waals surface area contributed by atoms with Gasteiger partial charge < -0.3 is 24.3 Å². The number of amides is 1. The van der Waals surface area contributed by atoms with Gasteiger partial charge in [-0.05, 0) is 45.0 Å². The number of carbonyl (C=O) groups excluding carboxylic acids is 1. The molecular formula is C22H28ClNO5. The number of fused-ring (bicyclic) bond motifs is 1. The van der Waals surface area contributed by atoms with Crippen molar-refractivity contribution in [1.29, 1.82) is 0 Å². The first-order valence-electron chi connectivity index (χ1n) is 9.56. The molecule has 0 unspecified atom stereocenters. The van der Waals surface area contributed by atoms with Gasteiger partial charge in [-0.15, -0.1) is 13.2 Å². The van der Waals surface area contributed by atoms with Crippen LogP contribution >= 0.6 is 11.6 Å². The third-order valence-electron chi connectivity index (χ3n) is 5.49. The Morgan fingerprint density at radius 3 is 2.00 bits per heavy atom. The lowest BCUT2D eigenvalue weighted by Gasteiger charge is -2.33. The van der Waals surface area contributed by atoms with E-state index in [1.165, 1.54) is 0 Å². The minimum absolute atomic E-state index is 0.223. The normalized spacial score (nSPS) is 35.9. The lowest BCUT2D eigenvalue weighted by atomic mass is 9.74. The van der Waals surface area contributed by atoms with E-state index in [0.717, 1.165) is 0 Å². The van der Waals surface area contributed by atoms with E-state index in [1.807, 2.05) is 13.8 Å². The molecule has 0 saturated carbocycles. The molecule has 1 N–H and O–H groups in total. The number of nitrogens with one attached hydrogen (secondary N) is 1. The van der Waals surface area contributed by atoms with Gasteiger partial charge in [-0.1, -0.05) is 23.8 Å². The maximum Gasteiger partial charge on any atom is 0.236 e. The Hall–Kier alpha value is -1.70. The monoisotopic (exact) mass is 421 g/mol. The van der Waals surface area contributed by atoms with Crippen molar-refractivity contribution in [3.05, 3.63) is 54.6 Å². The molecule has 2 atom stereocenters. The Balaban J connectivity index is 1.93. The summed E-state index contributed by atoms with van der Waals surface area (Å²) < 4.78 is 24.2. The SMILES string of the molecule is C=CCO[C@]1(C)CC2(C(=O)Nc3ccc(Cl)cc3)C[C@@](C)(OCC=C)OC2(C)O1. The second-order valence-electron chi connectivity index (χ2n) is 8.01. The van der Waals surface area contributed by atoms with Crippen molar-refractivity contribution in [2.45, 2.75) is 51.0 Å². The molecule has 2 saturated heterocycles. The number of benzene rings is 1. The molecule has 158 valence electrons.